The molecule has 0 radical (unpaired) electrons. The van der Waals surface area contributed by atoms with Gasteiger partial charge in [-0.2, -0.15) is 5.10 Å². The summed E-state index contributed by atoms with van der Waals surface area (Å²) in [6, 6.07) is 4.96. The summed E-state index contributed by atoms with van der Waals surface area (Å²) in [6.07, 6.45) is 1.85. The third kappa shape index (κ3) is 3.82. The molecule has 2 aromatic heterocycles. The predicted octanol–water partition coefficient (Wildman–Crippen LogP) is 2.69. The highest BCUT2D eigenvalue weighted by molar-refractivity contribution is 7.10. The number of hydrogen-bond acceptors (Lipinski definition) is 4. The minimum atomic E-state index is -0.168. The molecule has 0 atom stereocenters. The molecule has 0 saturated heterocycles. The maximum absolute atomic E-state index is 12.5. The number of unbranched alkanes of at least 4 members (excludes halogenated alkanes) is 1. The zero-order valence-corrected chi connectivity index (χ0v) is 14.0. The molecule has 5 nitrogen and oxygen atoms in total. The fourth-order valence-electron chi connectivity index (χ4n) is 2.08. The molecule has 0 N–H and O–H groups in total. The fourth-order valence-corrected chi connectivity index (χ4v) is 3.04. The van der Waals surface area contributed by atoms with Gasteiger partial charge in [0, 0.05) is 24.5 Å². The average Bonchev–Trinajstić information content (AvgIpc) is 2.91. The first-order valence-corrected chi connectivity index (χ1v) is 8.27. The zero-order valence-electron chi connectivity index (χ0n) is 13.2. The molecule has 0 aromatic carbocycles. The van der Waals surface area contributed by atoms with Crippen molar-refractivity contribution in [3.05, 3.63) is 50.1 Å². The van der Waals surface area contributed by atoms with E-state index in [1.807, 2.05) is 18.4 Å². The number of thiophene rings is 1. The summed E-state index contributed by atoms with van der Waals surface area (Å²) >= 11 is 1.64. The van der Waals surface area contributed by atoms with Crippen molar-refractivity contribution >= 4 is 17.2 Å². The summed E-state index contributed by atoms with van der Waals surface area (Å²) in [5.41, 5.74) is 1.33. The van der Waals surface area contributed by atoms with Crippen LogP contribution in [0.5, 0.6) is 0 Å². The van der Waals surface area contributed by atoms with Crippen molar-refractivity contribution in [1.29, 1.82) is 0 Å². The summed E-state index contributed by atoms with van der Waals surface area (Å²) < 4.78 is 1.38. The van der Waals surface area contributed by atoms with E-state index in [4.69, 9.17) is 0 Å². The van der Waals surface area contributed by atoms with Gasteiger partial charge in [0.15, 0.2) is 0 Å². The number of rotatable bonds is 6. The van der Waals surface area contributed by atoms with Crippen molar-refractivity contribution in [3.63, 3.8) is 0 Å². The van der Waals surface area contributed by atoms with Crippen LogP contribution in [-0.4, -0.2) is 27.6 Å². The minimum Gasteiger partial charge on any atom is -0.335 e. The molecule has 118 valence electrons. The summed E-state index contributed by atoms with van der Waals surface area (Å²) in [7, 11) is 1.75. The number of nitrogens with zero attached hydrogens (tertiary/aromatic N) is 3. The van der Waals surface area contributed by atoms with Gasteiger partial charge in [0.2, 0.25) is 0 Å². The van der Waals surface area contributed by atoms with Crippen LogP contribution in [0, 0.1) is 6.92 Å². The Morgan fingerprint density at radius 3 is 2.77 bits per heavy atom. The Kier molecular flexibility index (Phi) is 5.49. The largest absolute Gasteiger partial charge is 0.335 e. The van der Waals surface area contributed by atoms with E-state index in [9.17, 15) is 9.59 Å². The van der Waals surface area contributed by atoms with Gasteiger partial charge in [-0.05, 0) is 36.4 Å². The van der Waals surface area contributed by atoms with Crippen LogP contribution in [0.25, 0.3) is 0 Å². The summed E-state index contributed by atoms with van der Waals surface area (Å²) in [5, 5.41) is 6.22. The Morgan fingerprint density at radius 2 is 2.14 bits per heavy atom. The topological polar surface area (TPSA) is 55.2 Å². The lowest BCUT2D eigenvalue weighted by molar-refractivity contribution is 0.0777. The molecule has 0 aliphatic heterocycles. The van der Waals surface area contributed by atoms with E-state index in [1.54, 1.807) is 23.3 Å². The van der Waals surface area contributed by atoms with E-state index in [0.717, 1.165) is 17.7 Å². The quantitative estimate of drug-likeness (QED) is 0.822. The van der Waals surface area contributed by atoms with Crippen molar-refractivity contribution in [2.75, 3.05) is 7.05 Å². The number of amides is 1. The Balaban J connectivity index is 2.14. The molecule has 22 heavy (non-hydrogen) atoms. The first-order valence-electron chi connectivity index (χ1n) is 7.39. The first kappa shape index (κ1) is 16.4. The highest BCUT2D eigenvalue weighted by atomic mass is 32.1. The van der Waals surface area contributed by atoms with Gasteiger partial charge in [-0.25, -0.2) is 4.68 Å². The Morgan fingerprint density at radius 1 is 1.36 bits per heavy atom. The van der Waals surface area contributed by atoms with Crippen molar-refractivity contribution in [3.8, 4) is 0 Å². The maximum Gasteiger partial charge on any atom is 0.274 e. The lowest BCUT2D eigenvalue weighted by Crippen LogP contribution is -2.31. The van der Waals surface area contributed by atoms with E-state index >= 15 is 0 Å². The first-order chi connectivity index (χ1) is 10.5. The van der Waals surface area contributed by atoms with Gasteiger partial charge in [0.1, 0.15) is 5.69 Å². The van der Waals surface area contributed by atoms with Crippen molar-refractivity contribution < 1.29 is 4.79 Å². The maximum atomic E-state index is 12.5. The van der Waals surface area contributed by atoms with Crippen molar-refractivity contribution in [2.24, 2.45) is 0 Å². The van der Waals surface area contributed by atoms with Gasteiger partial charge in [-0.1, -0.05) is 13.3 Å². The molecule has 0 unspecified atom stereocenters. The monoisotopic (exact) mass is 319 g/mol. The van der Waals surface area contributed by atoms with Crippen LogP contribution < -0.4 is 5.56 Å². The molecule has 0 spiro atoms. The number of aromatic nitrogens is 2. The fraction of sp³-hybridized carbons (Fsp3) is 0.438. The van der Waals surface area contributed by atoms with Crippen LogP contribution in [0.2, 0.25) is 0 Å². The van der Waals surface area contributed by atoms with Crippen LogP contribution in [0.15, 0.2) is 28.4 Å². The molecule has 2 aromatic rings. The molecular formula is C16H21N3O2S. The van der Waals surface area contributed by atoms with Gasteiger partial charge in [0.05, 0.1) is 6.54 Å². The molecule has 6 heteroatoms. The van der Waals surface area contributed by atoms with E-state index in [0.29, 0.717) is 18.8 Å². The second kappa shape index (κ2) is 7.35. The lowest BCUT2D eigenvalue weighted by atomic mass is 10.2. The summed E-state index contributed by atoms with van der Waals surface area (Å²) in [6.45, 7) is 5.19. The third-order valence-corrected chi connectivity index (χ3v) is 4.51. The van der Waals surface area contributed by atoms with Gasteiger partial charge in [-0.15, -0.1) is 11.3 Å². The second-order valence-electron chi connectivity index (χ2n) is 5.32. The Hall–Kier alpha value is -1.95. The van der Waals surface area contributed by atoms with Crippen LogP contribution in [0.3, 0.4) is 0 Å². The second-order valence-corrected chi connectivity index (χ2v) is 6.32. The van der Waals surface area contributed by atoms with Crippen molar-refractivity contribution in [2.45, 2.75) is 39.8 Å². The molecule has 2 rings (SSSR count). The number of carbonyl (C=O) groups is 1. The predicted molar refractivity (Wildman–Crippen MR) is 88.3 cm³/mol. The zero-order chi connectivity index (χ0) is 16.1. The normalized spacial score (nSPS) is 10.7. The molecule has 0 saturated carbocycles. The van der Waals surface area contributed by atoms with E-state index in [1.165, 1.54) is 22.4 Å². The van der Waals surface area contributed by atoms with Crippen LogP contribution in [0.1, 0.15) is 40.7 Å². The SMILES string of the molecule is CCCCn1nc(C(=O)N(C)Cc2sccc2C)ccc1=O. The van der Waals surface area contributed by atoms with E-state index < -0.39 is 0 Å². The van der Waals surface area contributed by atoms with Gasteiger partial charge < -0.3 is 4.90 Å². The highest BCUT2D eigenvalue weighted by Crippen LogP contribution is 2.17. The molecule has 0 bridgehead atoms. The van der Waals surface area contributed by atoms with E-state index in [2.05, 4.69) is 12.0 Å². The molecule has 0 aliphatic rings. The summed E-state index contributed by atoms with van der Waals surface area (Å²) in [5.74, 6) is -0.168. The van der Waals surface area contributed by atoms with Crippen LogP contribution >= 0.6 is 11.3 Å². The molecule has 1 amide bonds. The highest BCUT2D eigenvalue weighted by Gasteiger charge is 2.16. The lowest BCUT2D eigenvalue weighted by Gasteiger charge is -2.17. The Bertz CT molecular complexity index is 705. The number of aryl methyl sites for hydroxylation is 2. The standard InChI is InChI=1S/C16H21N3O2S/c1-4-5-9-19-15(20)7-6-13(17-19)16(21)18(3)11-14-12(2)8-10-22-14/h6-8,10H,4-5,9,11H2,1-3H3. The average molecular weight is 319 g/mol. The third-order valence-electron chi connectivity index (χ3n) is 3.50. The molecular weight excluding hydrogens is 298 g/mol. The Labute approximate surface area is 134 Å². The van der Waals surface area contributed by atoms with Gasteiger partial charge in [-0.3, -0.25) is 9.59 Å². The molecule has 0 aliphatic carbocycles. The van der Waals surface area contributed by atoms with Gasteiger partial charge in [0.25, 0.3) is 11.5 Å². The van der Waals surface area contributed by atoms with Crippen LogP contribution in [-0.2, 0) is 13.1 Å². The minimum absolute atomic E-state index is 0.165. The van der Waals surface area contributed by atoms with Crippen LogP contribution in [0.4, 0.5) is 0 Å². The van der Waals surface area contributed by atoms with E-state index in [-0.39, 0.29) is 11.5 Å². The number of hydrogen-bond donors (Lipinski definition) is 0. The molecule has 2 heterocycles. The number of carbonyl (C=O) groups excluding carboxylic acids is 1. The molecule has 0 fully saturated rings. The summed E-state index contributed by atoms with van der Waals surface area (Å²) in [4.78, 5) is 27.0. The smallest absolute Gasteiger partial charge is 0.274 e. The van der Waals surface area contributed by atoms with Gasteiger partial charge >= 0.3 is 0 Å². The van der Waals surface area contributed by atoms with Crippen molar-refractivity contribution in [1.82, 2.24) is 14.7 Å².